The first-order valence-electron chi connectivity index (χ1n) is 11.4. The highest BCUT2D eigenvalue weighted by molar-refractivity contribution is 6.07. The Morgan fingerprint density at radius 3 is 2.25 bits per heavy atom. The van der Waals surface area contributed by atoms with Crippen LogP contribution in [0.5, 0.6) is 0 Å². The van der Waals surface area contributed by atoms with Crippen molar-refractivity contribution in [1.29, 1.82) is 0 Å². The van der Waals surface area contributed by atoms with Crippen LogP contribution in [0.15, 0.2) is 78.0 Å². The maximum Gasteiger partial charge on any atom is 0.254 e. The summed E-state index contributed by atoms with van der Waals surface area (Å²) in [7, 11) is 0. The van der Waals surface area contributed by atoms with E-state index in [1.54, 1.807) is 6.21 Å². The molecule has 1 aromatic heterocycles. The summed E-state index contributed by atoms with van der Waals surface area (Å²) in [5.74, 6) is 0.989. The van der Waals surface area contributed by atoms with E-state index in [0.717, 1.165) is 28.0 Å². The van der Waals surface area contributed by atoms with Gasteiger partial charge in [0.2, 0.25) is 0 Å². The Hall–Kier alpha value is -3.47. The molecule has 0 spiro atoms. The molecule has 2 amide bonds. The second kappa shape index (κ2) is 6.52. The van der Waals surface area contributed by atoms with Crippen LogP contribution in [0.25, 0.3) is 10.9 Å². The first kappa shape index (κ1) is 18.1. The Morgan fingerprint density at radius 2 is 1.53 bits per heavy atom. The van der Waals surface area contributed by atoms with Crippen molar-refractivity contribution in [2.24, 2.45) is 40.6 Å². The summed E-state index contributed by atoms with van der Waals surface area (Å²) in [6.07, 6.45) is 9.29. The van der Waals surface area contributed by atoms with Crippen molar-refractivity contribution < 1.29 is 9.59 Å². The van der Waals surface area contributed by atoms with Crippen molar-refractivity contribution in [3.05, 3.63) is 84.1 Å². The minimum Gasteiger partial charge on any atom is -0.342 e. The molecule has 1 aliphatic heterocycles. The normalized spacial score (nSPS) is 32.2. The van der Waals surface area contributed by atoms with E-state index in [2.05, 4.69) is 52.3 Å². The molecule has 6 unspecified atom stereocenters. The maximum absolute atomic E-state index is 13.2. The monoisotopic (exact) mass is 421 g/mol. The molecular weight excluding hydrogens is 398 g/mol. The molecule has 5 heteroatoms. The quantitative estimate of drug-likeness (QED) is 0.362. The van der Waals surface area contributed by atoms with Gasteiger partial charge in [-0.05, 0) is 41.7 Å². The molecule has 2 aromatic carbocycles. The van der Waals surface area contributed by atoms with Crippen molar-refractivity contribution in [3.63, 3.8) is 0 Å². The minimum absolute atomic E-state index is 0.117. The van der Waals surface area contributed by atoms with Crippen LogP contribution in [0.1, 0.15) is 17.5 Å². The van der Waals surface area contributed by atoms with Gasteiger partial charge in [-0.25, -0.2) is 0 Å². The molecule has 2 bridgehead atoms. The zero-order valence-electron chi connectivity index (χ0n) is 17.5. The van der Waals surface area contributed by atoms with Gasteiger partial charge in [-0.3, -0.25) is 9.59 Å². The van der Waals surface area contributed by atoms with Crippen LogP contribution in [-0.4, -0.2) is 27.6 Å². The Bertz CT molecular complexity index is 1290. The molecule has 2 saturated carbocycles. The highest BCUT2D eigenvalue weighted by Gasteiger charge is 2.67. The van der Waals surface area contributed by atoms with Crippen LogP contribution in [0.4, 0.5) is 0 Å². The lowest BCUT2D eigenvalue weighted by Gasteiger charge is -2.37. The van der Waals surface area contributed by atoms with Gasteiger partial charge in [-0.1, -0.05) is 60.7 Å². The molecule has 3 fully saturated rings. The van der Waals surface area contributed by atoms with E-state index in [-0.39, 0.29) is 35.5 Å². The molecule has 8 rings (SSSR count). The molecular formula is C27H23N3O2. The summed E-state index contributed by atoms with van der Waals surface area (Å²) in [6, 6.07) is 18.5. The highest BCUT2D eigenvalue weighted by Crippen LogP contribution is 2.65. The number of rotatable bonds is 4. The van der Waals surface area contributed by atoms with Crippen LogP contribution < -0.4 is 0 Å². The van der Waals surface area contributed by atoms with Crippen LogP contribution >= 0.6 is 0 Å². The van der Waals surface area contributed by atoms with Crippen molar-refractivity contribution >= 4 is 28.9 Å². The minimum atomic E-state index is -0.210. The largest absolute Gasteiger partial charge is 0.342 e. The Balaban J connectivity index is 1.21. The van der Waals surface area contributed by atoms with E-state index in [9.17, 15) is 9.59 Å². The first-order valence-corrected chi connectivity index (χ1v) is 11.4. The number of hydrazone groups is 1. The number of nitrogens with zero attached hydrogens (tertiary/aromatic N) is 3. The van der Waals surface area contributed by atoms with Crippen LogP contribution in [-0.2, 0) is 16.1 Å². The fraction of sp³-hybridized carbons (Fsp3) is 0.296. The van der Waals surface area contributed by atoms with Crippen LogP contribution in [0.2, 0.25) is 0 Å². The molecule has 158 valence electrons. The molecule has 1 saturated heterocycles. The maximum atomic E-state index is 13.2. The van der Waals surface area contributed by atoms with E-state index >= 15 is 0 Å². The fourth-order valence-electron chi connectivity index (χ4n) is 6.46. The Labute approximate surface area is 186 Å². The number of para-hydroxylation sites is 1. The molecule has 6 atom stereocenters. The number of hydrogen-bond acceptors (Lipinski definition) is 3. The molecule has 5 aliphatic rings. The molecule has 5 nitrogen and oxygen atoms in total. The summed E-state index contributed by atoms with van der Waals surface area (Å²) >= 11 is 0. The van der Waals surface area contributed by atoms with Gasteiger partial charge in [0.25, 0.3) is 11.8 Å². The van der Waals surface area contributed by atoms with Crippen LogP contribution in [0.3, 0.4) is 0 Å². The first-order chi connectivity index (χ1) is 15.7. The number of amides is 2. The van der Waals surface area contributed by atoms with Gasteiger partial charge in [0, 0.05) is 29.2 Å². The summed E-state index contributed by atoms with van der Waals surface area (Å²) in [6.45, 7) is 0.749. The number of aromatic nitrogens is 1. The van der Waals surface area contributed by atoms with Gasteiger partial charge in [-0.2, -0.15) is 10.1 Å². The summed E-state index contributed by atoms with van der Waals surface area (Å²) < 4.78 is 2.19. The smallest absolute Gasteiger partial charge is 0.254 e. The topological polar surface area (TPSA) is 54.7 Å². The predicted molar refractivity (Wildman–Crippen MR) is 122 cm³/mol. The number of carbonyl (C=O) groups is 2. The zero-order valence-corrected chi connectivity index (χ0v) is 17.5. The Kier molecular flexibility index (Phi) is 3.69. The van der Waals surface area contributed by atoms with Crippen molar-refractivity contribution in [2.75, 3.05) is 0 Å². The molecule has 4 aliphatic carbocycles. The number of fused-ring (bicyclic) bond motifs is 1. The number of allylic oxidation sites excluding steroid dienone is 2. The van der Waals surface area contributed by atoms with E-state index in [4.69, 9.17) is 0 Å². The number of carbonyl (C=O) groups excluding carboxylic acids is 2. The number of benzene rings is 2. The number of imide groups is 1. The molecule has 0 N–H and O–H groups in total. The molecule has 3 aromatic rings. The van der Waals surface area contributed by atoms with Gasteiger partial charge in [0.05, 0.1) is 18.1 Å². The Morgan fingerprint density at radius 1 is 0.875 bits per heavy atom. The molecule has 0 radical (unpaired) electrons. The summed E-state index contributed by atoms with van der Waals surface area (Å²) in [4.78, 5) is 26.4. The fourth-order valence-corrected chi connectivity index (χ4v) is 6.46. The van der Waals surface area contributed by atoms with Gasteiger partial charge < -0.3 is 4.57 Å². The van der Waals surface area contributed by atoms with E-state index < -0.39 is 0 Å². The molecule has 2 heterocycles. The zero-order chi connectivity index (χ0) is 21.4. The lowest BCUT2D eigenvalue weighted by Crippen LogP contribution is -2.40. The van der Waals surface area contributed by atoms with Crippen LogP contribution in [0, 0.1) is 35.5 Å². The average molecular weight is 422 g/mol. The van der Waals surface area contributed by atoms with Gasteiger partial charge in [0.1, 0.15) is 0 Å². The summed E-state index contributed by atoms with van der Waals surface area (Å²) in [5, 5.41) is 6.68. The second-order valence-electron chi connectivity index (χ2n) is 9.60. The van der Waals surface area contributed by atoms with Crippen molar-refractivity contribution in [1.82, 2.24) is 9.58 Å². The van der Waals surface area contributed by atoms with E-state index in [1.807, 2.05) is 30.3 Å². The van der Waals surface area contributed by atoms with Gasteiger partial charge in [0.15, 0.2) is 0 Å². The number of hydrogen-bond donors (Lipinski definition) is 0. The lowest BCUT2D eigenvalue weighted by atomic mass is 9.63. The van der Waals surface area contributed by atoms with Crippen molar-refractivity contribution in [2.45, 2.75) is 13.0 Å². The highest BCUT2D eigenvalue weighted by atomic mass is 16.2. The third-order valence-corrected chi connectivity index (χ3v) is 7.97. The van der Waals surface area contributed by atoms with E-state index in [0.29, 0.717) is 11.8 Å². The second-order valence-corrected chi connectivity index (χ2v) is 9.60. The third-order valence-electron chi connectivity index (χ3n) is 7.97. The standard InChI is InChI=1S/C27H23N3O2/c31-26-24-19-10-11-20(22-12-21(19)22)25(24)27(32)30(26)28-13-17-15-29(14-16-6-2-1-3-7-16)23-9-5-4-8-18(17)23/h1-11,13,15,19-22,24-25H,12,14H2. The van der Waals surface area contributed by atoms with E-state index in [1.165, 1.54) is 12.0 Å². The average Bonchev–Trinajstić information content (AvgIpc) is 3.54. The SMILES string of the molecule is O=C1C2C3C=CC(C4CC34)C2C(=O)N1N=Cc1cn(Cc2ccccc2)c2ccccc12. The molecule has 32 heavy (non-hydrogen) atoms. The third kappa shape index (κ3) is 2.48. The predicted octanol–water partition coefficient (Wildman–Crippen LogP) is 4.08. The van der Waals surface area contributed by atoms with Gasteiger partial charge in [-0.15, -0.1) is 0 Å². The van der Waals surface area contributed by atoms with Gasteiger partial charge >= 0.3 is 0 Å². The lowest BCUT2D eigenvalue weighted by molar-refractivity contribution is -0.140. The van der Waals surface area contributed by atoms with Crippen molar-refractivity contribution in [3.8, 4) is 0 Å². The summed E-state index contributed by atoms with van der Waals surface area (Å²) in [5.41, 5.74) is 3.23.